The van der Waals surface area contributed by atoms with Gasteiger partial charge >= 0.3 is 0 Å². The molecule has 0 amide bonds. The number of aryl methyl sites for hydroxylation is 1. The number of pyridine rings is 1. The largest absolute Gasteiger partial charge is 0.489 e. The normalized spacial score (nSPS) is 12.4. The van der Waals surface area contributed by atoms with E-state index >= 15 is 0 Å². The summed E-state index contributed by atoms with van der Waals surface area (Å²) in [6.45, 7) is 8.77. The van der Waals surface area contributed by atoms with Crippen molar-refractivity contribution < 1.29 is 4.74 Å². The van der Waals surface area contributed by atoms with Crippen LogP contribution in [-0.4, -0.2) is 20.6 Å². The fourth-order valence-corrected chi connectivity index (χ4v) is 3.04. The number of hydrogen-bond acceptors (Lipinski definition) is 4. The predicted molar refractivity (Wildman–Crippen MR) is 109 cm³/mol. The molecule has 142 valence electrons. The first-order chi connectivity index (χ1) is 12.9. The molecule has 0 saturated heterocycles. The molecule has 2 aromatic heterocycles. The topological polar surface area (TPSA) is 52.0 Å². The SMILES string of the molecule is Cc1nccn1-c1ccc(CNC(C)c2ccc(OC(C)C)c(Cl)c2)cn1. The van der Waals surface area contributed by atoms with E-state index in [1.807, 2.05) is 62.0 Å². The smallest absolute Gasteiger partial charge is 0.138 e. The summed E-state index contributed by atoms with van der Waals surface area (Å²) >= 11 is 6.34. The maximum Gasteiger partial charge on any atom is 0.138 e. The van der Waals surface area contributed by atoms with Crippen molar-refractivity contribution in [3.05, 3.63) is 70.9 Å². The third-order valence-electron chi connectivity index (χ3n) is 4.31. The predicted octanol–water partition coefficient (Wildman–Crippen LogP) is 4.87. The summed E-state index contributed by atoms with van der Waals surface area (Å²) in [6.07, 6.45) is 5.68. The number of benzene rings is 1. The van der Waals surface area contributed by atoms with Gasteiger partial charge in [-0.3, -0.25) is 4.57 Å². The second-order valence-electron chi connectivity index (χ2n) is 6.83. The molecular formula is C21H25ClN4O. The minimum atomic E-state index is 0.102. The van der Waals surface area contributed by atoms with Gasteiger partial charge in [-0.15, -0.1) is 0 Å². The lowest BCUT2D eigenvalue weighted by Crippen LogP contribution is -2.18. The molecule has 2 heterocycles. The third kappa shape index (κ3) is 4.87. The molecule has 0 aliphatic carbocycles. The van der Waals surface area contributed by atoms with Gasteiger partial charge in [0, 0.05) is 31.2 Å². The Morgan fingerprint density at radius 1 is 1.15 bits per heavy atom. The van der Waals surface area contributed by atoms with Crippen LogP contribution in [0, 0.1) is 6.92 Å². The molecular weight excluding hydrogens is 360 g/mol. The standard InChI is InChI=1S/C21H25ClN4O/c1-14(2)27-20-7-6-18(11-19(20)22)15(3)24-12-17-5-8-21(25-13-17)26-10-9-23-16(26)4/h5-11,13-15,24H,12H2,1-4H3. The highest BCUT2D eigenvalue weighted by Gasteiger charge is 2.10. The van der Waals surface area contributed by atoms with Crippen LogP contribution >= 0.6 is 11.6 Å². The highest BCUT2D eigenvalue weighted by molar-refractivity contribution is 6.32. The molecule has 0 fully saturated rings. The molecule has 0 bridgehead atoms. The molecule has 1 unspecified atom stereocenters. The molecule has 0 spiro atoms. The van der Waals surface area contributed by atoms with Gasteiger partial charge < -0.3 is 10.1 Å². The quantitative estimate of drug-likeness (QED) is 0.631. The molecule has 0 aliphatic rings. The third-order valence-corrected chi connectivity index (χ3v) is 4.61. The zero-order valence-electron chi connectivity index (χ0n) is 16.1. The van der Waals surface area contributed by atoms with E-state index in [9.17, 15) is 0 Å². The molecule has 27 heavy (non-hydrogen) atoms. The summed E-state index contributed by atoms with van der Waals surface area (Å²) < 4.78 is 7.65. The van der Waals surface area contributed by atoms with E-state index in [0.29, 0.717) is 5.02 Å². The summed E-state index contributed by atoms with van der Waals surface area (Å²) in [4.78, 5) is 8.76. The average molecular weight is 385 g/mol. The van der Waals surface area contributed by atoms with Crippen LogP contribution in [0.15, 0.2) is 48.9 Å². The molecule has 1 N–H and O–H groups in total. The van der Waals surface area contributed by atoms with Gasteiger partial charge in [-0.25, -0.2) is 9.97 Å². The highest BCUT2D eigenvalue weighted by Crippen LogP contribution is 2.28. The second kappa shape index (κ2) is 8.55. The van der Waals surface area contributed by atoms with Crippen molar-refractivity contribution in [2.45, 2.75) is 46.4 Å². The lowest BCUT2D eigenvalue weighted by molar-refractivity contribution is 0.242. The number of imidazole rings is 1. The van der Waals surface area contributed by atoms with E-state index in [4.69, 9.17) is 16.3 Å². The second-order valence-corrected chi connectivity index (χ2v) is 7.24. The van der Waals surface area contributed by atoms with Crippen molar-refractivity contribution in [1.82, 2.24) is 19.9 Å². The van der Waals surface area contributed by atoms with E-state index in [-0.39, 0.29) is 12.1 Å². The molecule has 0 radical (unpaired) electrons. The highest BCUT2D eigenvalue weighted by atomic mass is 35.5. The zero-order chi connectivity index (χ0) is 19.4. The Balaban J connectivity index is 1.61. The van der Waals surface area contributed by atoms with Crippen LogP contribution in [0.3, 0.4) is 0 Å². The van der Waals surface area contributed by atoms with Crippen LogP contribution in [0.1, 0.15) is 43.8 Å². The van der Waals surface area contributed by atoms with Crippen molar-refractivity contribution in [2.24, 2.45) is 0 Å². The van der Waals surface area contributed by atoms with Gasteiger partial charge in [0.25, 0.3) is 0 Å². The van der Waals surface area contributed by atoms with E-state index in [1.54, 1.807) is 6.20 Å². The first kappa shape index (κ1) is 19.4. The van der Waals surface area contributed by atoms with Gasteiger partial charge in [0.2, 0.25) is 0 Å². The summed E-state index contributed by atoms with van der Waals surface area (Å²) in [6, 6.07) is 10.2. The average Bonchev–Trinajstić information content (AvgIpc) is 3.07. The lowest BCUT2D eigenvalue weighted by atomic mass is 10.1. The Kier molecular flexibility index (Phi) is 6.14. The summed E-state index contributed by atoms with van der Waals surface area (Å²) in [5.41, 5.74) is 2.24. The molecule has 3 aromatic rings. The Labute approximate surface area is 165 Å². The number of halogens is 1. The Hall–Kier alpha value is -2.37. The fraction of sp³-hybridized carbons (Fsp3) is 0.333. The van der Waals surface area contributed by atoms with Crippen molar-refractivity contribution in [3.8, 4) is 11.6 Å². The minimum Gasteiger partial charge on any atom is -0.489 e. The summed E-state index contributed by atoms with van der Waals surface area (Å²) in [5, 5.41) is 4.15. The first-order valence-electron chi connectivity index (χ1n) is 9.09. The van der Waals surface area contributed by atoms with Crippen molar-refractivity contribution >= 4 is 11.6 Å². The summed E-state index contributed by atoms with van der Waals surface area (Å²) in [7, 11) is 0. The molecule has 5 nitrogen and oxygen atoms in total. The van der Waals surface area contributed by atoms with Crippen LogP contribution in [-0.2, 0) is 6.54 Å². The molecule has 0 saturated carbocycles. The van der Waals surface area contributed by atoms with Gasteiger partial charge in [0.15, 0.2) is 0 Å². The molecule has 1 atom stereocenters. The maximum absolute atomic E-state index is 6.34. The van der Waals surface area contributed by atoms with Crippen LogP contribution in [0.4, 0.5) is 0 Å². The van der Waals surface area contributed by atoms with Crippen LogP contribution < -0.4 is 10.1 Å². The number of nitrogens with one attached hydrogen (secondary N) is 1. The van der Waals surface area contributed by atoms with Crippen molar-refractivity contribution in [3.63, 3.8) is 0 Å². The van der Waals surface area contributed by atoms with Gasteiger partial charge in [0.05, 0.1) is 11.1 Å². The van der Waals surface area contributed by atoms with E-state index in [1.165, 1.54) is 0 Å². The van der Waals surface area contributed by atoms with Gasteiger partial charge in [0.1, 0.15) is 17.4 Å². The first-order valence-corrected chi connectivity index (χ1v) is 9.46. The number of rotatable bonds is 7. The number of hydrogen-bond donors (Lipinski definition) is 1. The van der Waals surface area contributed by atoms with Crippen molar-refractivity contribution in [2.75, 3.05) is 0 Å². The lowest BCUT2D eigenvalue weighted by Gasteiger charge is -2.17. The molecule has 6 heteroatoms. The van der Waals surface area contributed by atoms with Crippen LogP contribution in [0.25, 0.3) is 5.82 Å². The minimum absolute atomic E-state index is 0.102. The van der Waals surface area contributed by atoms with E-state index in [2.05, 4.69) is 28.3 Å². The zero-order valence-corrected chi connectivity index (χ0v) is 16.9. The van der Waals surface area contributed by atoms with Gasteiger partial charge in [-0.1, -0.05) is 23.7 Å². The monoisotopic (exact) mass is 384 g/mol. The van der Waals surface area contributed by atoms with Crippen LogP contribution in [0.5, 0.6) is 5.75 Å². The van der Waals surface area contributed by atoms with Gasteiger partial charge in [-0.05, 0) is 57.0 Å². The molecule has 1 aromatic carbocycles. The number of ether oxygens (including phenoxy) is 1. The molecule has 3 rings (SSSR count). The van der Waals surface area contributed by atoms with Gasteiger partial charge in [-0.2, -0.15) is 0 Å². The van der Waals surface area contributed by atoms with Crippen LogP contribution in [0.2, 0.25) is 5.02 Å². The Morgan fingerprint density at radius 2 is 1.96 bits per heavy atom. The maximum atomic E-state index is 6.34. The fourth-order valence-electron chi connectivity index (χ4n) is 2.81. The molecule has 0 aliphatic heterocycles. The van der Waals surface area contributed by atoms with E-state index in [0.717, 1.165) is 35.1 Å². The number of nitrogens with zero attached hydrogens (tertiary/aromatic N) is 3. The summed E-state index contributed by atoms with van der Waals surface area (Å²) in [5.74, 6) is 2.51. The number of aromatic nitrogens is 3. The Bertz CT molecular complexity index is 889. The van der Waals surface area contributed by atoms with E-state index < -0.39 is 0 Å². The van der Waals surface area contributed by atoms with Crippen molar-refractivity contribution in [1.29, 1.82) is 0 Å². The Morgan fingerprint density at radius 3 is 2.56 bits per heavy atom.